The number of halogens is 1. The minimum Gasteiger partial charge on any atom is -0.506 e. The molecule has 0 bridgehead atoms. The van der Waals surface area contributed by atoms with E-state index < -0.39 is 11.5 Å². The smallest absolute Gasteiger partial charge is 0.239 e. The van der Waals surface area contributed by atoms with Crippen LogP contribution in [0.1, 0.15) is 23.3 Å². The molecule has 1 amide bonds. The lowest BCUT2D eigenvalue weighted by Gasteiger charge is -2.45. The molecule has 0 spiro atoms. The molecule has 3 N–H and O–H groups in total. The van der Waals surface area contributed by atoms with Crippen molar-refractivity contribution in [3.05, 3.63) is 75.6 Å². The number of thiophene rings is 1. The van der Waals surface area contributed by atoms with Crippen LogP contribution in [-0.4, -0.2) is 28.9 Å². The average molecular weight is 466 g/mol. The Morgan fingerprint density at radius 3 is 2.78 bits per heavy atom. The molecule has 0 saturated carbocycles. The lowest BCUT2D eigenvalue weighted by molar-refractivity contribution is -0.131. The fraction of sp³-hybridized carbons (Fsp3) is 0.167. The van der Waals surface area contributed by atoms with Gasteiger partial charge < -0.3 is 14.8 Å². The van der Waals surface area contributed by atoms with Crippen LogP contribution in [0.2, 0.25) is 5.02 Å². The fourth-order valence-electron chi connectivity index (χ4n) is 4.25. The zero-order chi connectivity index (χ0) is 22.6. The molecular weight excluding hydrogens is 446 g/mol. The summed E-state index contributed by atoms with van der Waals surface area (Å²) < 4.78 is 5.46. The van der Waals surface area contributed by atoms with E-state index in [2.05, 4.69) is 5.32 Å². The average Bonchev–Trinajstić information content (AvgIpc) is 3.44. The van der Waals surface area contributed by atoms with Crippen molar-refractivity contribution in [3.8, 4) is 16.9 Å². The van der Waals surface area contributed by atoms with Crippen molar-refractivity contribution >= 4 is 45.8 Å². The monoisotopic (exact) mass is 465 g/mol. The number of phenols is 1. The number of hydrogen-bond donors (Lipinski definition) is 3. The Kier molecular flexibility index (Phi) is 4.76. The molecule has 1 saturated heterocycles. The van der Waals surface area contributed by atoms with Crippen LogP contribution in [0.5, 0.6) is 5.75 Å². The number of aromatic hydroxyl groups is 1. The number of nitrogens with one attached hydrogen (secondary N) is 2. The van der Waals surface area contributed by atoms with Crippen LogP contribution in [-0.2, 0) is 10.3 Å². The molecule has 8 heteroatoms. The molecule has 2 aromatic heterocycles. The van der Waals surface area contributed by atoms with Crippen molar-refractivity contribution in [1.82, 2.24) is 10.2 Å². The molecule has 1 aliphatic heterocycles. The third-order valence-electron chi connectivity index (χ3n) is 6.07. The van der Waals surface area contributed by atoms with Crippen LogP contribution in [0.15, 0.2) is 64.6 Å². The second kappa shape index (κ2) is 7.39. The van der Waals surface area contributed by atoms with E-state index in [1.807, 2.05) is 48.7 Å². The first kappa shape index (κ1) is 20.6. The zero-order valence-electron chi connectivity index (χ0n) is 17.3. The highest BCUT2D eigenvalue weighted by Gasteiger charge is 2.49. The van der Waals surface area contributed by atoms with Crippen LogP contribution in [0.3, 0.4) is 0 Å². The first-order valence-corrected chi connectivity index (χ1v) is 11.2. The Hall–Kier alpha value is -3.29. The Labute approximate surface area is 193 Å². The van der Waals surface area contributed by atoms with Gasteiger partial charge in [-0.1, -0.05) is 23.7 Å². The Morgan fingerprint density at radius 1 is 1.19 bits per heavy atom. The van der Waals surface area contributed by atoms with Gasteiger partial charge >= 0.3 is 0 Å². The number of likely N-dealkylation sites (N-methyl/N-ethyl adjacent to an activating group) is 1. The second-order valence-corrected chi connectivity index (χ2v) is 9.41. The normalized spacial score (nSPS) is 21.2. The maximum absolute atomic E-state index is 13.4. The van der Waals surface area contributed by atoms with Gasteiger partial charge in [-0.15, -0.1) is 11.3 Å². The van der Waals surface area contributed by atoms with E-state index in [1.165, 1.54) is 16.2 Å². The summed E-state index contributed by atoms with van der Waals surface area (Å²) in [6.07, 6.45) is 1.63. The molecule has 32 heavy (non-hydrogen) atoms. The van der Waals surface area contributed by atoms with Crippen molar-refractivity contribution < 1.29 is 14.3 Å². The molecular formula is C24H20ClN3O3S. The molecule has 2 aromatic carbocycles. The summed E-state index contributed by atoms with van der Waals surface area (Å²) in [5.74, 6) is -0.634. The van der Waals surface area contributed by atoms with Crippen molar-refractivity contribution in [3.63, 3.8) is 0 Å². The van der Waals surface area contributed by atoms with E-state index in [4.69, 9.17) is 21.4 Å². The summed E-state index contributed by atoms with van der Waals surface area (Å²) in [6, 6.07) is 14.7. The molecule has 2 atom stereocenters. The van der Waals surface area contributed by atoms with Crippen molar-refractivity contribution in [2.45, 2.75) is 18.4 Å². The molecule has 162 valence electrons. The van der Waals surface area contributed by atoms with Gasteiger partial charge in [0.1, 0.15) is 11.3 Å². The first-order valence-electron chi connectivity index (χ1n) is 9.97. The van der Waals surface area contributed by atoms with Gasteiger partial charge in [-0.05, 0) is 65.4 Å². The van der Waals surface area contributed by atoms with E-state index in [9.17, 15) is 9.90 Å². The quantitative estimate of drug-likeness (QED) is 0.372. The van der Waals surface area contributed by atoms with Crippen LogP contribution in [0.25, 0.3) is 22.1 Å². The van der Waals surface area contributed by atoms with E-state index in [-0.39, 0.29) is 17.6 Å². The lowest BCUT2D eigenvalue weighted by Crippen LogP contribution is -2.62. The number of amides is 1. The van der Waals surface area contributed by atoms with Gasteiger partial charge in [0.25, 0.3) is 0 Å². The Bertz CT molecular complexity index is 1380. The summed E-state index contributed by atoms with van der Waals surface area (Å²) in [5, 5.41) is 24.8. The predicted molar refractivity (Wildman–Crippen MR) is 126 cm³/mol. The maximum Gasteiger partial charge on any atom is 0.239 e. The van der Waals surface area contributed by atoms with Crippen LogP contribution in [0, 0.1) is 5.41 Å². The number of phenolic OH excluding ortho intramolecular Hbond substituents is 1. The third kappa shape index (κ3) is 3.16. The summed E-state index contributed by atoms with van der Waals surface area (Å²) in [6.45, 7) is 1.95. The predicted octanol–water partition coefficient (Wildman–Crippen LogP) is 5.52. The van der Waals surface area contributed by atoms with Crippen molar-refractivity contribution in [1.29, 1.82) is 5.41 Å². The largest absolute Gasteiger partial charge is 0.506 e. The Balaban J connectivity index is 1.62. The summed E-state index contributed by atoms with van der Waals surface area (Å²) in [4.78, 5) is 15.7. The highest BCUT2D eigenvalue weighted by molar-refractivity contribution is 7.10. The standard InChI is InChI=1S/C24H20ClN3O3S/c1-24(20-11-16(12-32-20)13-3-5-17(25)18(29)10-13)21(22(30)28(2)23(26)27-24)15-4-6-19-14(9-15)7-8-31-19/h3-12,21,29H,1-2H3,(H2,26,27)/t21-,24-/m1/s1. The van der Waals surface area contributed by atoms with Gasteiger partial charge in [-0.3, -0.25) is 15.1 Å². The molecule has 0 radical (unpaired) electrons. The highest BCUT2D eigenvalue weighted by Crippen LogP contribution is 2.45. The first-order chi connectivity index (χ1) is 15.3. The van der Waals surface area contributed by atoms with Gasteiger partial charge in [0, 0.05) is 17.3 Å². The molecule has 4 aromatic rings. The molecule has 5 rings (SSSR count). The van der Waals surface area contributed by atoms with E-state index in [0.29, 0.717) is 5.02 Å². The number of carbonyl (C=O) groups is 1. The number of guanidine groups is 1. The molecule has 0 unspecified atom stereocenters. The number of benzene rings is 2. The molecule has 1 fully saturated rings. The Morgan fingerprint density at radius 2 is 2.00 bits per heavy atom. The molecule has 3 heterocycles. The number of furan rings is 1. The van der Waals surface area contributed by atoms with Crippen LogP contribution in [0.4, 0.5) is 0 Å². The van der Waals surface area contributed by atoms with Crippen LogP contribution >= 0.6 is 22.9 Å². The maximum atomic E-state index is 13.4. The summed E-state index contributed by atoms with van der Waals surface area (Å²) >= 11 is 7.46. The zero-order valence-corrected chi connectivity index (χ0v) is 18.9. The number of nitrogens with zero attached hydrogens (tertiary/aromatic N) is 1. The number of hydrogen-bond acceptors (Lipinski definition) is 5. The number of carbonyl (C=O) groups excluding carboxylic acids is 1. The minimum atomic E-state index is -0.838. The fourth-order valence-corrected chi connectivity index (χ4v) is 5.43. The van der Waals surface area contributed by atoms with Crippen molar-refractivity contribution in [2.75, 3.05) is 7.05 Å². The van der Waals surface area contributed by atoms with E-state index in [0.717, 1.165) is 32.5 Å². The topological polar surface area (TPSA) is 89.6 Å². The molecule has 6 nitrogen and oxygen atoms in total. The van der Waals surface area contributed by atoms with Crippen molar-refractivity contribution in [2.24, 2.45) is 0 Å². The van der Waals surface area contributed by atoms with E-state index in [1.54, 1.807) is 25.4 Å². The number of fused-ring (bicyclic) bond motifs is 1. The van der Waals surface area contributed by atoms with Gasteiger partial charge in [-0.25, -0.2) is 0 Å². The lowest BCUT2D eigenvalue weighted by atomic mass is 9.76. The number of rotatable bonds is 3. The van der Waals surface area contributed by atoms with Gasteiger partial charge in [0.05, 0.1) is 22.7 Å². The minimum absolute atomic E-state index is 0.0174. The van der Waals surface area contributed by atoms with Gasteiger partial charge in [0.2, 0.25) is 5.91 Å². The third-order valence-corrected chi connectivity index (χ3v) is 7.56. The second-order valence-electron chi connectivity index (χ2n) is 8.09. The molecule has 0 aliphatic carbocycles. The SMILES string of the molecule is CN1C(=N)N[C@](C)(c2cc(-c3ccc(Cl)c(O)c3)cs2)[C@H](c2ccc3occc3c2)C1=O. The van der Waals surface area contributed by atoms with Gasteiger partial charge in [0.15, 0.2) is 5.96 Å². The highest BCUT2D eigenvalue weighted by atomic mass is 35.5. The summed E-state index contributed by atoms with van der Waals surface area (Å²) in [7, 11) is 1.61. The van der Waals surface area contributed by atoms with Crippen LogP contribution < -0.4 is 5.32 Å². The van der Waals surface area contributed by atoms with Gasteiger partial charge in [-0.2, -0.15) is 0 Å². The van der Waals surface area contributed by atoms with E-state index >= 15 is 0 Å². The summed E-state index contributed by atoms with van der Waals surface area (Å²) in [5.41, 5.74) is 2.49. The molecule has 1 aliphatic rings.